The average molecular weight is 369 g/mol. The monoisotopic (exact) mass is 369 g/mol. The number of benzene rings is 1. The maximum atomic E-state index is 12.8. The van der Waals surface area contributed by atoms with Crippen molar-refractivity contribution < 1.29 is 18.7 Å². The molecule has 27 heavy (non-hydrogen) atoms. The Kier molecular flexibility index (Phi) is 5.07. The Hall–Kier alpha value is -3.42. The van der Waals surface area contributed by atoms with Crippen molar-refractivity contribution in [3.05, 3.63) is 57.8 Å². The highest BCUT2D eigenvalue weighted by Crippen LogP contribution is 2.21. The molecule has 2 aromatic heterocycles. The third kappa shape index (κ3) is 3.74. The molecule has 2 heterocycles. The standard InChI is InChI=1S/C19H19N3O5/c1-4-26-19(25)15-12(3)27-17-16(15)18(24)22(10-20-17)9-14(23)21-13-7-5-6-11(2)8-13/h5-8,10H,4,9H2,1-3H3,(H,21,23). The number of aryl methyl sites for hydroxylation is 2. The maximum Gasteiger partial charge on any atom is 0.342 e. The smallest absolute Gasteiger partial charge is 0.342 e. The van der Waals surface area contributed by atoms with Crippen molar-refractivity contribution in [3.8, 4) is 0 Å². The van der Waals surface area contributed by atoms with Crippen molar-refractivity contribution in [2.75, 3.05) is 11.9 Å². The van der Waals surface area contributed by atoms with Gasteiger partial charge in [0.15, 0.2) is 0 Å². The van der Waals surface area contributed by atoms with Crippen LogP contribution in [-0.4, -0.2) is 28.0 Å². The molecule has 0 atom stereocenters. The van der Waals surface area contributed by atoms with Crippen LogP contribution in [0.3, 0.4) is 0 Å². The minimum Gasteiger partial charge on any atom is -0.462 e. The lowest BCUT2D eigenvalue weighted by Crippen LogP contribution is -2.28. The van der Waals surface area contributed by atoms with Gasteiger partial charge in [-0.2, -0.15) is 0 Å². The van der Waals surface area contributed by atoms with Gasteiger partial charge in [0.05, 0.1) is 6.61 Å². The van der Waals surface area contributed by atoms with E-state index in [1.165, 1.54) is 6.33 Å². The van der Waals surface area contributed by atoms with Gasteiger partial charge in [-0.15, -0.1) is 0 Å². The van der Waals surface area contributed by atoms with Gasteiger partial charge >= 0.3 is 5.97 Å². The maximum absolute atomic E-state index is 12.8. The topological polar surface area (TPSA) is 103 Å². The van der Waals surface area contributed by atoms with Crippen molar-refractivity contribution in [2.24, 2.45) is 0 Å². The van der Waals surface area contributed by atoms with E-state index in [0.717, 1.165) is 10.1 Å². The molecule has 0 radical (unpaired) electrons. The van der Waals surface area contributed by atoms with Gasteiger partial charge in [-0.25, -0.2) is 9.78 Å². The summed E-state index contributed by atoms with van der Waals surface area (Å²) in [6.45, 7) is 5.06. The lowest BCUT2D eigenvalue weighted by atomic mass is 10.2. The van der Waals surface area contributed by atoms with Crippen LogP contribution in [0.5, 0.6) is 0 Å². The Morgan fingerprint density at radius 1 is 1.30 bits per heavy atom. The summed E-state index contributed by atoms with van der Waals surface area (Å²) in [5.41, 5.74) is 1.17. The average Bonchev–Trinajstić information content (AvgIpc) is 2.94. The summed E-state index contributed by atoms with van der Waals surface area (Å²) in [4.78, 5) is 41.3. The first-order chi connectivity index (χ1) is 12.9. The fraction of sp³-hybridized carbons (Fsp3) is 0.263. The van der Waals surface area contributed by atoms with Crippen LogP contribution in [-0.2, 0) is 16.1 Å². The van der Waals surface area contributed by atoms with E-state index in [2.05, 4.69) is 10.3 Å². The molecule has 0 saturated heterocycles. The van der Waals surface area contributed by atoms with Crippen LogP contribution in [0.15, 0.2) is 39.8 Å². The highest BCUT2D eigenvalue weighted by atomic mass is 16.5. The molecule has 0 aliphatic rings. The molecule has 0 bridgehead atoms. The van der Waals surface area contributed by atoms with Crippen molar-refractivity contribution in [3.63, 3.8) is 0 Å². The molecule has 1 N–H and O–H groups in total. The first kappa shape index (κ1) is 18.4. The Balaban J connectivity index is 1.92. The van der Waals surface area contributed by atoms with Crippen LogP contribution in [0, 0.1) is 13.8 Å². The minimum absolute atomic E-state index is 0.0109. The van der Waals surface area contributed by atoms with Gasteiger partial charge < -0.3 is 14.5 Å². The van der Waals surface area contributed by atoms with E-state index >= 15 is 0 Å². The van der Waals surface area contributed by atoms with E-state index in [1.807, 2.05) is 25.1 Å². The fourth-order valence-electron chi connectivity index (χ4n) is 2.78. The summed E-state index contributed by atoms with van der Waals surface area (Å²) in [5.74, 6) is -0.800. The van der Waals surface area contributed by atoms with E-state index in [4.69, 9.17) is 9.15 Å². The van der Waals surface area contributed by atoms with Gasteiger partial charge in [-0.05, 0) is 38.5 Å². The number of esters is 1. The predicted molar refractivity (Wildman–Crippen MR) is 98.8 cm³/mol. The number of rotatable bonds is 5. The van der Waals surface area contributed by atoms with E-state index in [-0.39, 0.29) is 41.5 Å². The second-order valence-electron chi connectivity index (χ2n) is 6.03. The van der Waals surface area contributed by atoms with Crippen molar-refractivity contribution >= 4 is 28.7 Å². The SMILES string of the molecule is CCOC(=O)c1c(C)oc2ncn(CC(=O)Nc3cccc(C)c3)c(=O)c12. The van der Waals surface area contributed by atoms with Crippen LogP contribution in [0.25, 0.3) is 11.1 Å². The summed E-state index contributed by atoms with van der Waals surface area (Å²) in [5, 5.41) is 2.74. The summed E-state index contributed by atoms with van der Waals surface area (Å²) in [7, 11) is 0. The Bertz CT molecular complexity index is 1080. The van der Waals surface area contributed by atoms with Crippen LogP contribution < -0.4 is 10.9 Å². The number of fused-ring (bicyclic) bond motifs is 1. The number of amides is 1. The largest absolute Gasteiger partial charge is 0.462 e. The molecule has 0 fully saturated rings. The molecule has 1 amide bonds. The Labute approximate surface area is 154 Å². The van der Waals surface area contributed by atoms with Crippen LogP contribution in [0.2, 0.25) is 0 Å². The van der Waals surface area contributed by atoms with Gasteiger partial charge in [0.25, 0.3) is 5.56 Å². The number of nitrogens with one attached hydrogen (secondary N) is 1. The van der Waals surface area contributed by atoms with E-state index < -0.39 is 11.5 Å². The molecule has 0 aliphatic heterocycles. The molecule has 1 aromatic carbocycles. The van der Waals surface area contributed by atoms with E-state index in [0.29, 0.717) is 5.69 Å². The number of hydrogen-bond donors (Lipinski definition) is 1. The van der Waals surface area contributed by atoms with E-state index in [9.17, 15) is 14.4 Å². The highest BCUT2D eigenvalue weighted by molar-refractivity contribution is 6.03. The molecule has 140 valence electrons. The number of furan rings is 1. The molecule has 3 rings (SSSR count). The molecule has 0 spiro atoms. The predicted octanol–water partition coefficient (Wildman–Crippen LogP) is 2.42. The van der Waals surface area contributed by atoms with Crippen LogP contribution in [0.1, 0.15) is 28.6 Å². The molecule has 0 saturated carbocycles. The summed E-state index contributed by atoms with van der Waals surface area (Å²) in [6, 6.07) is 7.31. The number of nitrogens with zero attached hydrogens (tertiary/aromatic N) is 2. The lowest BCUT2D eigenvalue weighted by Gasteiger charge is -2.08. The minimum atomic E-state index is -0.658. The number of ether oxygens (including phenoxy) is 1. The molecular formula is C19H19N3O5. The zero-order chi connectivity index (χ0) is 19.6. The molecule has 0 unspecified atom stereocenters. The number of anilines is 1. The summed E-state index contributed by atoms with van der Waals surface area (Å²) < 4.78 is 11.5. The Morgan fingerprint density at radius 2 is 2.07 bits per heavy atom. The van der Waals surface area contributed by atoms with Crippen molar-refractivity contribution in [2.45, 2.75) is 27.3 Å². The van der Waals surface area contributed by atoms with Gasteiger partial charge in [0.2, 0.25) is 11.6 Å². The third-order valence-electron chi connectivity index (χ3n) is 3.95. The lowest BCUT2D eigenvalue weighted by molar-refractivity contribution is -0.116. The first-order valence-corrected chi connectivity index (χ1v) is 8.43. The summed E-state index contributed by atoms with van der Waals surface area (Å²) in [6.07, 6.45) is 1.22. The molecule has 3 aromatic rings. The molecule has 0 aliphatic carbocycles. The third-order valence-corrected chi connectivity index (χ3v) is 3.95. The fourth-order valence-corrected chi connectivity index (χ4v) is 2.78. The molecular weight excluding hydrogens is 350 g/mol. The number of aromatic nitrogens is 2. The number of carbonyl (C=O) groups excluding carboxylic acids is 2. The van der Waals surface area contributed by atoms with Gasteiger partial charge in [0, 0.05) is 5.69 Å². The summed E-state index contributed by atoms with van der Waals surface area (Å²) >= 11 is 0. The zero-order valence-corrected chi connectivity index (χ0v) is 15.2. The molecule has 8 nitrogen and oxygen atoms in total. The van der Waals surface area contributed by atoms with Crippen molar-refractivity contribution in [1.29, 1.82) is 0 Å². The molecule has 8 heteroatoms. The second kappa shape index (κ2) is 7.45. The number of hydrogen-bond acceptors (Lipinski definition) is 6. The highest BCUT2D eigenvalue weighted by Gasteiger charge is 2.24. The van der Waals surface area contributed by atoms with Crippen LogP contribution >= 0.6 is 0 Å². The Morgan fingerprint density at radius 3 is 2.78 bits per heavy atom. The van der Waals surface area contributed by atoms with Gasteiger partial charge in [-0.1, -0.05) is 12.1 Å². The van der Waals surface area contributed by atoms with E-state index in [1.54, 1.807) is 19.9 Å². The van der Waals surface area contributed by atoms with Crippen molar-refractivity contribution in [1.82, 2.24) is 9.55 Å². The normalized spacial score (nSPS) is 10.8. The zero-order valence-electron chi connectivity index (χ0n) is 15.2. The van der Waals surface area contributed by atoms with Crippen LogP contribution in [0.4, 0.5) is 5.69 Å². The first-order valence-electron chi connectivity index (χ1n) is 8.43. The quantitative estimate of drug-likeness (QED) is 0.693. The van der Waals surface area contributed by atoms with Gasteiger partial charge in [-0.3, -0.25) is 14.2 Å². The van der Waals surface area contributed by atoms with Gasteiger partial charge in [0.1, 0.15) is 29.6 Å². The number of carbonyl (C=O) groups is 2. The second-order valence-corrected chi connectivity index (χ2v) is 6.03.